The molecule has 0 unspecified atom stereocenters. The summed E-state index contributed by atoms with van der Waals surface area (Å²) < 4.78 is 2.25. The van der Waals surface area contributed by atoms with Crippen LogP contribution in [0.4, 0.5) is 0 Å². The van der Waals surface area contributed by atoms with E-state index >= 15 is 0 Å². The molecule has 5 aromatic carbocycles. The van der Waals surface area contributed by atoms with Crippen molar-refractivity contribution in [2.75, 3.05) is 0 Å². The first kappa shape index (κ1) is 17.8. The van der Waals surface area contributed by atoms with E-state index in [-0.39, 0.29) is 0 Å². The molecule has 150 valence electrons. The Balaban J connectivity index is 1.96. The third-order valence-electron chi connectivity index (χ3n) is 6.79. The topological polar surface area (TPSA) is 52.0 Å². The molecule has 0 saturated carbocycles. The number of aromatic nitrogens is 1. The molecule has 33 heavy (non-hydrogen) atoms. The molecule has 3 nitrogen and oxygen atoms in total. The van der Waals surface area contributed by atoms with Crippen molar-refractivity contribution in [2.45, 2.75) is 0 Å². The Labute approximate surface area is 188 Å². The van der Waals surface area contributed by atoms with Crippen LogP contribution in [0.15, 0.2) is 91.0 Å². The molecule has 7 aromatic rings. The van der Waals surface area contributed by atoms with Crippen LogP contribution in [0.5, 0.6) is 0 Å². The molecular formula is C30H15N3. The lowest BCUT2D eigenvalue weighted by molar-refractivity contribution is 1.34. The zero-order valence-electron chi connectivity index (χ0n) is 17.5. The molecule has 0 aliphatic heterocycles. The van der Waals surface area contributed by atoms with Gasteiger partial charge in [-0.2, -0.15) is 10.5 Å². The van der Waals surface area contributed by atoms with Crippen LogP contribution in [-0.4, -0.2) is 4.40 Å². The summed E-state index contributed by atoms with van der Waals surface area (Å²) in [6, 6.07) is 35.8. The molecule has 0 saturated heterocycles. The fourth-order valence-corrected chi connectivity index (χ4v) is 5.44. The first-order valence-corrected chi connectivity index (χ1v) is 10.8. The Morgan fingerprint density at radius 2 is 1.06 bits per heavy atom. The fourth-order valence-electron chi connectivity index (χ4n) is 5.44. The molecule has 0 atom stereocenters. The zero-order valence-corrected chi connectivity index (χ0v) is 17.5. The van der Waals surface area contributed by atoms with Crippen molar-refractivity contribution in [2.24, 2.45) is 0 Å². The van der Waals surface area contributed by atoms with E-state index < -0.39 is 0 Å². The summed E-state index contributed by atoms with van der Waals surface area (Å²) in [6.45, 7) is 0. The lowest BCUT2D eigenvalue weighted by Crippen LogP contribution is -1.96. The van der Waals surface area contributed by atoms with Crippen LogP contribution in [0.25, 0.3) is 59.6 Å². The van der Waals surface area contributed by atoms with Crippen molar-refractivity contribution in [3.05, 3.63) is 102 Å². The number of pyridine rings is 1. The van der Waals surface area contributed by atoms with Gasteiger partial charge in [-0.3, -0.25) is 0 Å². The van der Waals surface area contributed by atoms with Crippen molar-refractivity contribution in [3.63, 3.8) is 0 Å². The average Bonchev–Trinajstić information content (AvgIpc) is 3.27. The molecule has 0 N–H and O–H groups in total. The van der Waals surface area contributed by atoms with E-state index in [9.17, 15) is 10.5 Å². The zero-order chi connectivity index (χ0) is 22.1. The van der Waals surface area contributed by atoms with Crippen molar-refractivity contribution in [1.29, 1.82) is 10.5 Å². The summed E-state index contributed by atoms with van der Waals surface area (Å²) in [5.74, 6) is 0. The summed E-state index contributed by atoms with van der Waals surface area (Å²) in [6.07, 6.45) is 0. The molecule has 0 amide bonds. The number of hydrogen-bond donors (Lipinski definition) is 0. The van der Waals surface area contributed by atoms with Crippen LogP contribution in [0.3, 0.4) is 0 Å². The number of nitriles is 2. The van der Waals surface area contributed by atoms with Gasteiger partial charge in [0.05, 0.1) is 27.7 Å². The third-order valence-corrected chi connectivity index (χ3v) is 6.79. The number of nitrogens with zero attached hydrogens (tertiary/aromatic N) is 3. The van der Waals surface area contributed by atoms with E-state index in [1.165, 1.54) is 21.5 Å². The Hall–Kier alpha value is -4.86. The normalized spacial score (nSPS) is 11.6. The predicted molar refractivity (Wildman–Crippen MR) is 134 cm³/mol. The second kappa shape index (κ2) is 6.33. The Bertz CT molecular complexity index is 2050. The van der Waals surface area contributed by atoms with Gasteiger partial charge >= 0.3 is 0 Å². The maximum atomic E-state index is 9.80. The second-order valence-electron chi connectivity index (χ2n) is 8.40. The number of rotatable bonds is 0. The Morgan fingerprint density at radius 1 is 0.485 bits per heavy atom. The van der Waals surface area contributed by atoms with Crippen molar-refractivity contribution < 1.29 is 0 Å². The summed E-state index contributed by atoms with van der Waals surface area (Å²) in [5, 5.41) is 28.7. The molecule has 0 aliphatic carbocycles. The smallest absolute Gasteiger partial charge is 0.101 e. The van der Waals surface area contributed by atoms with Gasteiger partial charge in [-0.1, -0.05) is 66.7 Å². The van der Waals surface area contributed by atoms with Gasteiger partial charge in [0.2, 0.25) is 0 Å². The lowest BCUT2D eigenvalue weighted by atomic mass is 9.91. The maximum absolute atomic E-state index is 9.80. The van der Waals surface area contributed by atoms with Gasteiger partial charge in [0.15, 0.2) is 0 Å². The first-order chi connectivity index (χ1) is 16.3. The quantitative estimate of drug-likeness (QED) is 0.241. The average molecular weight is 417 g/mol. The number of para-hydroxylation sites is 1. The summed E-state index contributed by atoms with van der Waals surface area (Å²) in [7, 11) is 0. The minimum absolute atomic E-state index is 0.397. The van der Waals surface area contributed by atoms with Crippen LogP contribution in [-0.2, 0) is 0 Å². The molecule has 2 heterocycles. The fraction of sp³-hybridized carbons (Fsp3) is 0. The molecule has 0 aliphatic rings. The Morgan fingerprint density at radius 3 is 1.76 bits per heavy atom. The highest BCUT2D eigenvalue weighted by Gasteiger charge is 2.19. The predicted octanol–water partition coefficient (Wildman–Crippen LogP) is 7.45. The van der Waals surface area contributed by atoms with E-state index in [1.807, 2.05) is 24.3 Å². The minimum Gasteiger partial charge on any atom is -0.309 e. The maximum Gasteiger partial charge on any atom is 0.101 e. The van der Waals surface area contributed by atoms with Crippen LogP contribution < -0.4 is 0 Å². The van der Waals surface area contributed by atoms with E-state index in [1.54, 1.807) is 0 Å². The van der Waals surface area contributed by atoms with Gasteiger partial charge in [0.1, 0.15) is 12.1 Å². The largest absolute Gasteiger partial charge is 0.309 e. The molecule has 0 bridgehead atoms. The summed E-state index contributed by atoms with van der Waals surface area (Å²) in [4.78, 5) is 0. The van der Waals surface area contributed by atoms with Gasteiger partial charge < -0.3 is 4.40 Å². The number of benzene rings is 5. The highest BCUT2D eigenvalue weighted by Crippen LogP contribution is 2.43. The monoisotopic (exact) mass is 417 g/mol. The SMILES string of the molecule is N#Cc1cc2c3c4ccccc4c4ccccc4c3c3cc4ccccc4n3c2cc1C#N. The molecule has 3 heteroatoms. The molecule has 0 fully saturated rings. The van der Waals surface area contributed by atoms with Crippen LogP contribution in [0.1, 0.15) is 11.1 Å². The van der Waals surface area contributed by atoms with Crippen LogP contribution in [0.2, 0.25) is 0 Å². The molecular weight excluding hydrogens is 402 g/mol. The highest BCUT2D eigenvalue weighted by molar-refractivity contribution is 6.35. The molecule has 2 aromatic heterocycles. The van der Waals surface area contributed by atoms with Gasteiger partial charge in [-0.15, -0.1) is 0 Å². The van der Waals surface area contributed by atoms with Crippen LogP contribution in [0, 0.1) is 22.7 Å². The van der Waals surface area contributed by atoms with Gasteiger partial charge in [-0.25, -0.2) is 0 Å². The van der Waals surface area contributed by atoms with Crippen LogP contribution >= 0.6 is 0 Å². The Kier molecular flexibility index (Phi) is 3.41. The minimum atomic E-state index is 0.397. The molecule has 7 rings (SSSR count). The number of fused-ring (bicyclic) bond motifs is 13. The van der Waals surface area contributed by atoms with Crippen molar-refractivity contribution in [3.8, 4) is 12.1 Å². The lowest BCUT2D eigenvalue weighted by Gasteiger charge is -2.16. The molecule has 0 radical (unpaired) electrons. The standard InChI is InChI=1S/C30H15N3/c31-16-19-13-25-27(15-20(19)17-32)33-26-12-6-1-7-18(26)14-28(33)30-24-11-5-3-9-22(24)21-8-2-4-10-23(21)29(25)30/h1-15H. The van der Waals surface area contributed by atoms with E-state index in [2.05, 4.69) is 83.3 Å². The second-order valence-corrected chi connectivity index (χ2v) is 8.40. The van der Waals surface area contributed by atoms with Crippen molar-refractivity contribution >= 4 is 59.6 Å². The number of hydrogen-bond acceptors (Lipinski definition) is 2. The summed E-state index contributed by atoms with van der Waals surface area (Å²) in [5.41, 5.74) is 3.93. The van der Waals surface area contributed by atoms with Gasteiger partial charge in [-0.05, 0) is 45.8 Å². The van der Waals surface area contributed by atoms with E-state index in [4.69, 9.17) is 0 Å². The van der Waals surface area contributed by atoms with Gasteiger partial charge in [0, 0.05) is 21.5 Å². The van der Waals surface area contributed by atoms with E-state index in [0.29, 0.717) is 11.1 Å². The first-order valence-electron chi connectivity index (χ1n) is 10.8. The highest BCUT2D eigenvalue weighted by atomic mass is 14.9. The van der Waals surface area contributed by atoms with Gasteiger partial charge in [0.25, 0.3) is 0 Å². The van der Waals surface area contributed by atoms with E-state index in [0.717, 1.165) is 38.1 Å². The molecule has 0 spiro atoms. The third kappa shape index (κ3) is 2.21. The summed E-state index contributed by atoms with van der Waals surface area (Å²) >= 11 is 0. The van der Waals surface area contributed by atoms with Crippen molar-refractivity contribution in [1.82, 2.24) is 4.40 Å².